The molecule has 1 N–H and O–H groups in total. The first-order chi connectivity index (χ1) is 8.58. The van der Waals surface area contributed by atoms with Crippen molar-refractivity contribution in [3.63, 3.8) is 0 Å². The van der Waals surface area contributed by atoms with E-state index in [4.69, 9.17) is 4.84 Å². The van der Waals surface area contributed by atoms with Crippen molar-refractivity contribution in [1.29, 1.82) is 0 Å². The van der Waals surface area contributed by atoms with Crippen LogP contribution in [0, 0.1) is 5.82 Å². The van der Waals surface area contributed by atoms with Gasteiger partial charge in [0.15, 0.2) is 0 Å². The summed E-state index contributed by atoms with van der Waals surface area (Å²) in [7, 11) is 0. The minimum Gasteiger partial charge on any atom is -0.390 e. The Balaban J connectivity index is 2.04. The molecule has 1 aliphatic rings. The van der Waals surface area contributed by atoms with Crippen molar-refractivity contribution in [1.82, 2.24) is 5.32 Å². The van der Waals surface area contributed by atoms with Crippen LogP contribution >= 0.6 is 15.9 Å². The molecule has 1 aliphatic heterocycles. The Bertz CT molecular complexity index is 505. The van der Waals surface area contributed by atoms with Gasteiger partial charge in [0.05, 0.1) is 16.7 Å². The average molecular weight is 315 g/mol. The molecule has 1 atom stereocenters. The highest BCUT2D eigenvalue weighted by Crippen LogP contribution is 2.25. The summed E-state index contributed by atoms with van der Waals surface area (Å²) in [4.78, 5) is 16.0. The minimum atomic E-state index is -0.333. The minimum absolute atomic E-state index is 0.112. The van der Waals surface area contributed by atoms with Crippen LogP contribution in [0.1, 0.15) is 18.9 Å². The normalized spacial score (nSPS) is 18.2. The smallest absolute Gasteiger partial charge is 0.217 e. The Kier molecular flexibility index (Phi) is 3.96. The highest BCUT2D eigenvalue weighted by Gasteiger charge is 2.24. The lowest BCUT2D eigenvalue weighted by Gasteiger charge is -2.08. The maximum Gasteiger partial charge on any atom is 0.217 e. The van der Waals surface area contributed by atoms with Gasteiger partial charge in [-0.05, 0) is 22.0 Å². The number of amides is 1. The van der Waals surface area contributed by atoms with Crippen molar-refractivity contribution in [2.75, 3.05) is 6.54 Å². The van der Waals surface area contributed by atoms with Crippen LogP contribution in [0.25, 0.3) is 0 Å². The van der Waals surface area contributed by atoms with Gasteiger partial charge >= 0.3 is 0 Å². The van der Waals surface area contributed by atoms with Gasteiger partial charge in [-0.2, -0.15) is 0 Å². The SMILES string of the molecule is CC(=O)NCC1CC(c2cccc(F)c2Br)=NO1. The van der Waals surface area contributed by atoms with E-state index in [9.17, 15) is 9.18 Å². The molecule has 1 aromatic carbocycles. The number of carbonyl (C=O) groups excluding carboxylic acids is 1. The Morgan fingerprint density at radius 3 is 3.17 bits per heavy atom. The molecular formula is C12H12BrFN2O2. The number of rotatable bonds is 3. The summed E-state index contributed by atoms with van der Waals surface area (Å²) in [5.74, 6) is -0.445. The Labute approximate surface area is 112 Å². The van der Waals surface area contributed by atoms with Crippen molar-refractivity contribution in [2.45, 2.75) is 19.4 Å². The van der Waals surface area contributed by atoms with E-state index in [0.717, 1.165) is 0 Å². The first-order valence-electron chi connectivity index (χ1n) is 5.49. The Hall–Kier alpha value is -1.43. The lowest BCUT2D eigenvalue weighted by atomic mass is 10.0. The predicted molar refractivity (Wildman–Crippen MR) is 68.8 cm³/mol. The van der Waals surface area contributed by atoms with E-state index in [-0.39, 0.29) is 17.8 Å². The molecule has 0 aromatic heterocycles. The number of oxime groups is 1. The number of halogens is 2. The highest BCUT2D eigenvalue weighted by atomic mass is 79.9. The molecule has 0 spiro atoms. The van der Waals surface area contributed by atoms with Crippen molar-refractivity contribution in [2.24, 2.45) is 5.16 Å². The van der Waals surface area contributed by atoms with Gasteiger partial charge in [-0.3, -0.25) is 4.79 Å². The molecule has 4 nitrogen and oxygen atoms in total. The van der Waals surface area contributed by atoms with Gasteiger partial charge in [-0.25, -0.2) is 4.39 Å². The van der Waals surface area contributed by atoms with Crippen molar-refractivity contribution < 1.29 is 14.0 Å². The Morgan fingerprint density at radius 2 is 2.44 bits per heavy atom. The van der Waals surface area contributed by atoms with Crippen LogP contribution in [-0.4, -0.2) is 24.3 Å². The van der Waals surface area contributed by atoms with Crippen molar-refractivity contribution >= 4 is 27.5 Å². The average Bonchev–Trinajstić information content (AvgIpc) is 2.78. The number of hydrogen-bond donors (Lipinski definition) is 1. The van der Waals surface area contributed by atoms with E-state index < -0.39 is 0 Å². The monoisotopic (exact) mass is 314 g/mol. The van der Waals surface area contributed by atoms with E-state index in [1.54, 1.807) is 12.1 Å². The van der Waals surface area contributed by atoms with Gasteiger partial charge in [0.25, 0.3) is 0 Å². The summed E-state index contributed by atoms with van der Waals surface area (Å²) in [6.07, 6.45) is 0.349. The largest absolute Gasteiger partial charge is 0.390 e. The molecule has 0 fully saturated rings. The van der Waals surface area contributed by atoms with Crippen LogP contribution in [0.2, 0.25) is 0 Å². The van der Waals surface area contributed by atoms with Crippen LogP contribution in [0.4, 0.5) is 4.39 Å². The molecular weight excluding hydrogens is 303 g/mol. The van der Waals surface area contributed by atoms with Crippen LogP contribution in [0.15, 0.2) is 27.8 Å². The molecule has 0 saturated carbocycles. The fourth-order valence-corrected chi connectivity index (χ4v) is 2.17. The standard InChI is InChI=1S/C12H12BrFN2O2/c1-7(17)15-6-8-5-11(16-18-8)9-3-2-4-10(14)12(9)13/h2-4,8H,5-6H2,1H3,(H,15,17). The number of hydrogen-bond acceptors (Lipinski definition) is 3. The third-order valence-corrected chi connectivity index (χ3v) is 3.38. The van der Waals surface area contributed by atoms with Gasteiger partial charge in [0, 0.05) is 18.9 Å². The first kappa shape index (κ1) is 13.0. The fraction of sp³-hybridized carbons (Fsp3) is 0.333. The molecule has 96 valence electrons. The van der Waals surface area contributed by atoms with Crippen LogP contribution in [0.5, 0.6) is 0 Å². The molecule has 0 bridgehead atoms. The van der Waals surface area contributed by atoms with E-state index in [1.807, 2.05) is 0 Å². The lowest BCUT2D eigenvalue weighted by Crippen LogP contribution is -2.30. The van der Waals surface area contributed by atoms with E-state index in [2.05, 4.69) is 26.4 Å². The summed E-state index contributed by atoms with van der Waals surface area (Å²) in [6.45, 7) is 1.84. The summed E-state index contributed by atoms with van der Waals surface area (Å²) in [5.41, 5.74) is 1.36. The molecule has 0 saturated heterocycles. The molecule has 2 rings (SSSR count). The Morgan fingerprint density at radius 1 is 1.67 bits per heavy atom. The summed E-state index contributed by atoms with van der Waals surface area (Å²) in [6, 6.07) is 4.77. The third kappa shape index (κ3) is 2.87. The van der Waals surface area contributed by atoms with Gasteiger partial charge in [-0.1, -0.05) is 17.3 Å². The van der Waals surface area contributed by atoms with Gasteiger partial charge in [0.2, 0.25) is 5.91 Å². The fourth-order valence-electron chi connectivity index (χ4n) is 1.68. The molecule has 0 aliphatic carbocycles. The van der Waals surface area contributed by atoms with Crippen LogP contribution < -0.4 is 5.32 Å². The topological polar surface area (TPSA) is 50.7 Å². The van der Waals surface area contributed by atoms with Gasteiger partial charge < -0.3 is 10.2 Å². The molecule has 1 heterocycles. The molecule has 1 unspecified atom stereocenters. The van der Waals surface area contributed by atoms with Crippen LogP contribution in [0.3, 0.4) is 0 Å². The second-order valence-electron chi connectivity index (χ2n) is 4.01. The van der Waals surface area contributed by atoms with Crippen molar-refractivity contribution in [3.8, 4) is 0 Å². The first-order valence-corrected chi connectivity index (χ1v) is 6.28. The van der Waals surface area contributed by atoms with E-state index >= 15 is 0 Å². The summed E-state index contributed by atoms with van der Waals surface area (Å²) < 4.78 is 13.8. The number of carbonyl (C=O) groups is 1. The molecule has 18 heavy (non-hydrogen) atoms. The highest BCUT2D eigenvalue weighted by molar-refractivity contribution is 9.10. The zero-order chi connectivity index (χ0) is 13.1. The predicted octanol–water partition coefficient (Wildman–Crippen LogP) is 2.22. The zero-order valence-corrected chi connectivity index (χ0v) is 11.3. The molecule has 6 heteroatoms. The van der Waals surface area contributed by atoms with Gasteiger partial charge in [0.1, 0.15) is 11.9 Å². The molecule has 0 radical (unpaired) electrons. The third-order valence-electron chi connectivity index (χ3n) is 2.57. The second kappa shape index (κ2) is 5.48. The summed E-state index contributed by atoms with van der Waals surface area (Å²) >= 11 is 3.19. The zero-order valence-electron chi connectivity index (χ0n) is 9.74. The number of nitrogens with one attached hydrogen (secondary N) is 1. The van der Waals surface area contributed by atoms with E-state index in [1.165, 1.54) is 13.0 Å². The number of nitrogens with zero attached hydrogens (tertiary/aromatic N) is 1. The number of benzene rings is 1. The lowest BCUT2D eigenvalue weighted by molar-refractivity contribution is -0.119. The van der Waals surface area contributed by atoms with E-state index in [0.29, 0.717) is 28.7 Å². The molecule has 1 amide bonds. The van der Waals surface area contributed by atoms with Gasteiger partial charge in [-0.15, -0.1) is 0 Å². The molecule has 1 aromatic rings. The van der Waals surface area contributed by atoms with Crippen LogP contribution in [-0.2, 0) is 9.63 Å². The maximum atomic E-state index is 13.4. The second-order valence-corrected chi connectivity index (χ2v) is 4.80. The maximum absolute atomic E-state index is 13.4. The summed E-state index contributed by atoms with van der Waals surface area (Å²) in [5, 5.41) is 6.60. The van der Waals surface area contributed by atoms with Crippen molar-refractivity contribution in [3.05, 3.63) is 34.1 Å². The quantitative estimate of drug-likeness (QED) is 0.930.